The Balaban J connectivity index is 2.80. The van der Waals surface area contributed by atoms with Crippen molar-refractivity contribution >= 4 is 17.4 Å². The van der Waals surface area contributed by atoms with Crippen LogP contribution in [0.2, 0.25) is 5.02 Å². The van der Waals surface area contributed by atoms with Crippen molar-refractivity contribution in [2.45, 2.75) is 12.2 Å². The number of aliphatic hydroxyl groups is 3. The summed E-state index contributed by atoms with van der Waals surface area (Å²) in [4.78, 5) is 10.9. The minimum atomic E-state index is -1.61. The van der Waals surface area contributed by atoms with Gasteiger partial charge in [-0.25, -0.2) is 0 Å². The molecular weight excluding hydrogens is 220 g/mol. The van der Waals surface area contributed by atoms with E-state index in [0.717, 1.165) is 0 Å². The number of benzene rings is 1. The van der Waals surface area contributed by atoms with Crippen molar-refractivity contribution in [3.05, 3.63) is 34.9 Å². The SMILES string of the molecule is O=C(CO)C(O)C(O)c1ccc(Cl)cc1. The zero-order valence-corrected chi connectivity index (χ0v) is 8.55. The summed E-state index contributed by atoms with van der Waals surface area (Å²) in [5, 5.41) is 27.9. The van der Waals surface area contributed by atoms with Crippen LogP contribution in [0.15, 0.2) is 24.3 Å². The number of Topliss-reactive ketones (excluding diaryl/α,β-unsaturated/α-hetero) is 1. The third-order valence-electron chi connectivity index (χ3n) is 2.00. The number of carbonyl (C=O) groups is 1. The van der Waals surface area contributed by atoms with Crippen molar-refractivity contribution in [2.75, 3.05) is 6.61 Å². The van der Waals surface area contributed by atoms with Crippen LogP contribution in [0.4, 0.5) is 0 Å². The lowest BCUT2D eigenvalue weighted by molar-refractivity contribution is -0.135. The van der Waals surface area contributed by atoms with E-state index < -0.39 is 24.6 Å². The topological polar surface area (TPSA) is 77.8 Å². The van der Waals surface area contributed by atoms with Crippen LogP contribution in [0, 0.1) is 0 Å². The number of hydrogen-bond donors (Lipinski definition) is 3. The lowest BCUT2D eigenvalue weighted by Crippen LogP contribution is -2.30. The summed E-state index contributed by atoms with van der Waals surface area (Å²) >= 11 is 5.63. The smallest absolute Gasteiger partial charge is 0.189 e. The first-order valence-corrected chi connectivity index (χ1v) is 4.69. The maximum absolute atomic E-state index is 10.9. The van der Waals surface area contributed by atoms with Crippen LogP contribution in [-0.2, 0) is 4.79 Å². The number of rotatable bonds is 4. The third kappa shape index (κ3) is 3.00. The molecule has 0 saturated heterocycles. The molecule has 82 valence electrons. The first kappa shape index (κ1) is 12.1. The lowest BCUT2D eigenvalue weighted by atomic mass is 10.0. The quantitative estimate of drug-likeness (QED) is 0.695. The number of halogens is 1. The molecule has 0 fully saturated rings. The normalized spacial score (nSPS) is 14.7. The van der Waals surface area contributed by atoms with E-state index in [9.17, 15) is 15.0 Å². The zero-order valence-electron chi connectivity index (χ0n) is 7.80. The van der Waals surface area contributed by atoms with Crippen LogP contribution >= 0.6 is 11.6 Å². The van der Waals surface area contributed by atoms with Crippen molar-refractivity contribution in [1.29, 1.82) is 0 Å². The standard InChI is InChI=1S/C10H11ClO4/c11-7-3-1-6(2-4-7)9(14)10(15)8(13)5-12/h1-4,9-10,12,14-15H,5H2. The van der Waals surface area contributed by atoms with E-state index in [1.165, 1.54) is 24.3 Å². The van der Waals surface area contributed by atoms with E-state index in [0.29, 0.717) is 10.6 Å². The van der Waals surface area contributed by atoms with Crippen molar-refractivity contribution < 1.29 is 20.1 Å². The fraction of sp³-hybridized carbons (Fsp3) is 0.300. The molecule has 2 atom stereocenters. The van der Waals surface area contributed by atoms with Crippen LogP contribution < -0.4 is 0 Å². The molecule has 0 aromatic heterocycles. The highest BCUT2D eigenvalue weighted by atomic mass is 35.5. The highest BCUT2D eigenvalue weighted by Gasteiger charge is 2.24. The summed E-state index contributed by atoms with van der Waals surface area (Å²) in [7, 11) is 0. The van der Waals surface area contributed by atoms with Crippen molar-refractivity contribution in [2.24, 2.45) is 0 Å². The van der Waals surface area contributed by atoms with Crippen LogP contribution in [0.25, 0.3) is 0 Å². The highest BCUT2D eigenvalue weighted by Crippen LogP contribution is 2.19. The Morgan fingerprint density at radius 3 is 2.27 bits per heavy atom. The third-order valence-corrected chi connectivity index (χ3v) is 2.25. The molecule has 0 aliphatic rings. The van der Waals surface area contributed by atoms with E-state index in [2.05, 4.69) is 0 Å². The van der Waals surface area contributed by atoms with Crippen LogP contribution in [0.5, 0.6) is 0 Å². The second-order valence-corrected chi connectivity index (χ2v) is 3.50. The lowest BCUT2D eigenvalue weighted by Gasteiger charge is -2.16. The monoisotopic (exact) mass is 230 g/mol. The Labute approximate surface area is 91.7 Å². The molecule has 5 heteroatoms. The molecule has 1 aromatic rings. The van der Waals surface area contributed by atoms with Crippen LogP contribution in [0.1, 0.15) is 11.7 Å². The molecule has 1 aromatic carbocycles. The predicted octanol–water partition coefficient (Wildman–Crippen LogP) is 0.296. The van der Waals surface area contributed by atoms with Gasteiger partial charge in [0.2, 0.25) is 0 Å². The van der Waals surface area contributed by atoms with E-state index >= 15 is 0 Å². The maximum atomic E-state index is 10.9. The van der Waals surface area contributed by atoms with Gasteiger partial charge in [0.1, 0.15) is 18.8 Å². The van der Waals surface area contributed by atoms with Gasteiger partial charge in [-0.05, 0) is 17.7 Å². The summed E-state index contributed by atoms with van der Waals surface area (Å²) < 4.78 is 0. The Hall–Kier alpha value is -0.940. The van der Waals surface area contributed by atoms with Gasteiger partial charge >= 0.3 is 0 Å². The van der Waals surface area contributed by atoms with Gasteiger partial charge in [-0.15, -0.1) is 0 Å². The summed E-state index contributed by atoms with van der Waals surface area (Å²) in [5.74, 6) is -0.822. The van der Waals surface area contributed by atoms with Gasteiger partial charge in [0.25, 0.3) is 0 Å². The zero-order chi connectivity index (χ0) is 11.4. The molecule has 1 rings (SSSR count). The largest absolute Gasteiger partial charge is 0.388 e. The van der Waals surface area contributed by atoms with E-state index in [1.54, 1.807) is 0 Å². The van der Waals surface area contributed by atoms with Crippen molar-refractivity contribution in [3.63, 3.8) is 0 Å². The van der Waals surface area contributed by atoms with Gasteiger partial charge in [0, 0.05) is 5.02 Å². The molecule has 0 amide bonds. The minimum absolute atomic E-state index is 0.369. The highest BCUT2D eigenvalue weighted by molar-refractivity contribution is 6.30. The maximum Gasteiger partial charge on any atom is 0.189 e. The summed E-state index contributed by atoms with van der Waals surface area (Å²) in [5.41, 5.74) is 0.369. The first-order chi connectivity index (χ1) is 7.06. The van der Waals surface area contributed by atoms with Gasteiger partial charge in [-0.2, -0.15) is 0 Å². The van der Waals surface area contributed by atoms with Crippen molar-refractivity contribution in [3.8, 4) is 0 Å². The molecule has 15 heavy (non-hydrogen) atoms. The second-order valence-electron chi connectivity index (χ2n) is 3.07. The Morgan fingerprint density at radius 1 is 1.27 bits per heavy atom. The molecule has 0 aliphatic carbocycles. The van der Waals surface area contributed by atoms with Gasteiger partial charge in [0.05, 0.1) is 0 Å². The number of aliphatic hydroxyl groups excluding tert-OH is 3. The molecule has 3 N–H and O–H groups in total. The van der Waals surface area contributed by atoms with E-state index in [1.807, 2.05) is 0 Å². The Morgan fingerprint density at radius 2 is 1.80 bits per heavy atom. The molecule has 0 bridgehead atoms. The Kier molecular flexibility index (Phi) is 4.23. The summed E-state index contributed by atoms with van der Waals surface area (Å²) in [6.07, 6.45) is -2.96. The van der Waals surface area contributed by atoms with E-state index in [4.69, 9.17) is 16.7 Å². The molecule has 2 unspecified atom stereocenters. The molecule has 0 aliphatic heterocycles. The molecule has 4 nitrogen and oxygen atoms in total. The molecule has 0 spiro atoms. The molecule has 0 radical (unpaired) electrons. The van der Waals surface area contributed by atoms with Gasteiger partial charge in [-0.1, -0.05) is 23.7 Å². The van der Waals surface area contributed by atoms with Crippen molar-refractivity contribution in [1.82, 2.24) is 0 Å². The summed E-state index contributed by atoms with van der Waals surface area (Å²) in [6.45, 7) is -0.800. The summed E-state index contributed by atoms with van der Waals surface area (Å²) in [6, 6.07) is 6.08. The average molecular weight is 231 g/mol. The second kappa shape index (κ2) is 5.23. The molecule has 0 saturated carbocycles. The molecule has 0 heterocycles. The fourth-order valence-electron chi connectivity index (χ4n) is 1.11. The predicted molar refractivity (Wildman–Crippen MR) is 54.5 cm³/mol. The fourth-order valence-corrected chi connectivity index (χ4v) is 1.24. The number of ketones is 1. The van der Waals surface area contributed by atoms with Crippen LogP contribution in [-0.4, -0.2) is 33.8 Å². The van der Waals surface area contributed by atoms with Gasteiger partial charge < -0.3 is 15.3 Å². The number of hydrogen-bond acceptors (Lipinski definition) is 4. The molecular formula is C10H11ClO4. The Bertz CT molecular complexity index is 336. The first-order valence-electron chi connectivity index (χ1n) is 4.31. The van der Waals surface area contributed by atoms with Gasteiger partial charge in [0.15, 0.2) is 5.78 Å². The van der Waals surface area contributed by atoms with E-state index in [-0.39, 0.29) is 0 Å². The van der Waals surface area contributed by atoms with Gasteiger partial charge in [-0.3, -0.25) is 4.79 Å². The minimum Gasteiger partial charge on any atom is -0.388 e. The average Bonchev–Trinajstić information content (AvgIpc) is 2.27. The number of carbonyl (C=O) groups excluding carboxylic acids is 1. The van der Waals surface area contributed by atoms with Crippen LogP contribution in [0.3, 0.4) is 0 Å².